The highest BCUT2D eigenvalue weighted by atomic mass is 16.5. The van der Waals surface area contributed by atoms with Gasteiger partial charge in [0.15, 0.2) is 5.78 Å². The van der Waals surface area contributed by atoms with E-state index in [-0.39, 0.29) is 18.1 Å². The topological polar surface area (TPSA) is 89.3 Å². The smallest absolute Gasteiger partial charge is 0.228 e. The fraction of sp³-hybridized carbons (Fsp3) is 0.154. The molecule has 3 aromatic rings. The molecule has 1 amide bonds. The first-order valence-corrected chi connectivity index (χ1v) is 10.5. The highest BCUT2D eigenvalue weighted by Gasteiger charge is 2.42. The van der Waals surface area contributed by atoms with Crippen LogP contribution in [-0.2, 0) is 11.2 Å². The van der Waals surface area contributed by atoms with Crippen LogP contribution in [0.4, 0.5) is 5.69 Å². The van der Waals surface area contributed by atoms with Gasteiger partial charge in [0.1, 0.15) is 23.2 Å². The molecule has 1 unspecified atom stereocenters. The number of rotatable bonds is 6. The van der Waals surface area contributed by atoms with Gasteiger partial charge in [-0.1, -0.05) is 30.3 Å². The third-order valence-corrected chi connectivity index (χ3v) is 5.85. The van der Waals surface area contributed by atoms with Crippen LogP contribution in [0.1, 0.15) is 33.1 Å². The summed E-state index contributed by atoms with van der Waals surface area (Å²) >= 11 is 0. The van der Waals surface area contributed by atoms with Crippen LogP contribution in [0.2, 0.25) is 0 Å². The highest BCUT2D eigenvalue weighted by Crippen LogP contribution is 2.49. The van der Waals surface area contributed by atoms with Gasteiger partial charge in [-0.3, -0.25) is 9.59 Å². The number of fused-ring (bicyclic) bond motifs is 3. The number of ketones is 1. The van der Waals surface area contributed by atoms with Gasteiger partial charge in [0, 0.05) is 11.1 Å². The highest BCUT2D eigenvalue weighted by molar-refractivity contribution is 6.22. The predicted octanol–water partition coefficient (Wildman–Crippen LogP) is 5.00. The maximum absolute atomic E-state index is 13.5. The second-order valence-electron chi connectivity index (χ2n) is 7.74. The zero-order chi connectivity index (χ0) is 22.9. The van der Waals surface area contributed by atoms with Crippen LogP contribution in [0.15, 0.2) is 82.5 Å². The van der Waals surface area contributed by atoms with Crippen LogP contribution >= 0.6 is 0 Å². The minimum Gasteiger partial charge on any atom is -0.497 e. The lowest BCUT2D eigenvalue weighted by Gasteiger charge is -2.11. The third kappa shape index (κ3) is 3.57. The fourth-order valence-corrected chi connectivity index (χ4v) is 4.27. The Morgan fingerprint density at radius 1 is 0.970 bits per heavy atom. The molecule has 0 saturated heterocycles. The van der Waals surface area contributed by atoms with Gasteiger partial charge in [-0.15, -0.1) is 0 Å². The van der Waals surface area contributed by atoms with E-state index < -0.39 is 6.04 Å². The van der Waals surface area contributed by atoms with Crippen molar-refractivity contribution in [3.05, 3.63) is 94.6 Å². The number of carbonyl (C=O) groups is 2. The van der Waals surface area contributed by atoms with Crippen molar-refractivity contribution in [1.82, 2.24) is 0 Å². The summed E-state index contributed by atoms with van der Waals surface area (Å²) in [5, 5.41) is 11.6. The summed E-state index contributed by atoms with van der Waals surface area (Å²) in [5.74, 6) is 0.964. The van der Waals surface area contributed by atoms with Crippen molar-refractivity contribution < 1.29 is 19.1 Å². The molecule has 1 aliphatic heterocycles. The number of nitrogens with zero attached hydrogens (tertiary/aromatic N) is 2. The number of amides is 1. The van der Waals surface area contributed by atoms with Crippen molar-refractivity contribution in [2.45, 2.75) is 12.5 Å². The molecule has 164 valence electrons. The zero-order valence-electron chi connectivity index (χ0n) is 18.2. The van der Waals surface area contributed by atoms with E-state index in [1.165, 1.54) is 0 Å². The van der Waals surface area contributed by atoms with E-state index in [2.05, 4.69) is 15.5 Å². The van der Waals surface area contributed by atoms with E-state index in [0.717, 1.165) is 22.4 Å². The molecule has 0 bridgehead atoms. The zero-order valence-corrected chi connectivity index (χ0v) is 18.2. The molecular formula is C26H21N3O4. The average molecular weight is 439 g/mol. The van der Waals surface area contributed by atoms with Crippen LogP contribution in [0, 0.1) is 0 Å². The molecule has 1 N–H and O–H groups in total. The normalized spacial score (nSPS) is 15.9. The van der Waals surface area contributed by atoms with Gasteiger partial charge < -0.3 is 14.8 Å². The molecule has 0 radical (unpaired) electrons. The molecule has 0 fully saturated rings. The number of para-hydroxylation sites is 1. The number of nitrogens with one attached hydrogen (secondary N) is 1. The summed E-state index contributed by atoms with van der Waals surface area (Å²) < 4.78 is 10.6. The lowest BCUT2D eigenvalue weighted by molar-refractivity contribution is -0.115. The lowest BCUT2D eigenvalue weighted by Crippen LogP contribution is -2.17. The maximum atomic E-state index is 13.5. The molecule has 33 heavy (non-hydrogen) atoms. The van der Waals surface area contributed by atoms with Crippen molar-refractivity contribution in [1.29, 1.82) is 0 Å². The van der Waals surface area contributed by atoms with E-state index >= 15 is 0 Å². The van der Waals surface area contributed by atoms with Crippen LogP contribution in [0.25, 0.3) is 5.70 Å². The summed E-state index contributed by atoms with van der Waals surface area (Å²) in [4.78, 5) is 26.3. The van der Waals surface area contributed by atoms with Crippen molar-refractivity contribution in [2.75, 3.05) is 19.5 Å². The first-order valence-electron chi connectivity index (χ1n) is 10.5. The Morgan fingerprint density at radius 2 is 1.76 bits per heavy atom. The standard InChI is InChI=1S/C26H21N3O4/c1-32-17-12-10-15(11-13-17)24-23-25(29-28-24)18-7-5-8-19(22(18)26(23)31)27-21(30)14-16-6-3-4-9-20(16)33-2/h3-13,25H,14H2,1-2H3,(H,27,30). The molecule has 2 aliphatic rings. The molecule has 0 spiro atoms. The van der Waals surface area contributed by atoms with Crippen molar-refractivity contribution in [3.63, 3.8) is 0 Å². The number of hydrogen-bond acceptors (Lipinski definition) is 6. The van der Waals surface area contributed by atoms with Crippen molar-refractivity contribution >= 4 is 23.1 Å². The molecule has 1 atom stereocenters. The molecule has 5 rings (SSSR count). The number of benzene rings is 3. The predicted molar refractivity (Wildman–Crippen MR) is 124 cm³/mol. The first-order chi connectivity index (χ1) is 16.1. The minimum absolute atomic E-state index is 0.130. The molecular weight excluding hydrogens is 418 g/mol. The fourth-order valence-electron chi connectivity index (χ4n) is 4.27. The second kappa shape index (κ2) is 8.35. The summed E-state index contributed by atoms with van der Waals surface area (Å²) in [6.45, 7) is 0. The van der Waals surface area contributed by atoms with E-state index in [9.17, 15) is 9.59 Å². The molecule has 0 saturated carbocycles. The molecule has 3 aromatic carbocycles. The van der Waals surface area contributed by atoms with Gasteiger partial charge in [-0.05, 0) is 42.0 Å². The Bertz CT molecular complexity index is 1330. The van der Waals surface area contributed by atoms with Gasteiger partial charge in [-0.25, -0.2) is 0 Å². The second-order valence-corrected chi connectivity index (χ2v) is 7.74. The maximum Gasteiger partial charge on any atom is 0.228 e. The number of carbonyl (C=O) groups excluding carboxylic acids is 2. The van der Waals surface area contributed by atoms with Crippen molar-refractivity contribution in [2.24, 2.45) is 10.2 Å². The van der Waals surface area contributed by atoms with E-state index in [1.807, 2.05) is 60.7 Å². The number of hydrogen-bond donors (Lipinski definition) is 1. The van der Waals surface area contributed by atoms with E-state index in [0.29, 0.717) is 28.3 Å². The van der Waals surface area contributed by atoms with Crippen LogP contribution < -0.4 is 14.8 Å². The first kappa shape index (κ1) is 20.6. The summed E-state index contributed by atoms with van der Waals surface area (Å²) in [7, 11) is 3.17. The van der Waals surface area contributed by atoms with Crippen LogP contribution in [0.5, 0.6) is 11.5 Å². The van der Waals surface area contributed by atoms with Crippen molar-refractivity contribution in [3.8, 4) is 11.5 Å². The Kier molecular flexibility index (Phi) is 5.22. The Labute approximate surface area is 190 Å². The van der Waals surface area contributed by atoms with E-state index in [4.69, 9.17) is 9.47 Å². The monoisotopic (exact) mass is 439 g/mol. The number of Topliss-reactive ketones (excluding diaryl/α,β-unsaturated/α-hetero) is 1. The van der Waals surface area contributed by atoms with Crippen LogP contribution in [-0.4, -0.2) is 25.9 Å². The SMILES string of the molecule is COc1ccc(C2=C3C(=O)c4c(NC(=O)Cc5ccccc5OC)cccc4C3N=N2)cc1. The molecule has 0 aromatic heterocycles. The van der Waals surface area contributed by atoms with Gasteiger partial charge in [0.05, 0.1) is 37.5 Å². The van der Waals surface area contributed by atoms with Gasteiger partial charge in [-0.2, -0.15) is 10.2 Å². The largest absolute Gasteiger partial charge is 0.497 e. The molecule has 1 aliphatic carbocycles. The van der Waals surface area contributed by atoms with Gasteiger partial charge in [0.2, 0.25) is 5.91 Å². The van der Waals surface area contributed by atoms with E-state index in [1.54, 1.807) is 20.3 Å². The average Bonchev–Trinajstić information content (AvgIpc) is 3.40. The summed E-state index contributed by atoms with van der Waals surface area (Å²) in [6, 6.07) is 19.7. The van der Waals surface area contributed by atoms with Crippen LogP contribution in [0.3, 0.4) is 0 Å². The number of ether oxygens (including phenoxy) is 2. The summed E-state index contributed by atoms with van der Waals surface area (Å²) in [5.41, 5.74) is 4.33. The Hall–Kier alpha value is -4.26. The summed E-state index contributed by atoms with van der Waals surface area (Å²) in [6.07, 6.45) is 0.130. The third-order valence-electron chi connectivity index (χ3n) is 5.85. The number of azo groups is 1. The lowest BCUT2D eigenvalue weighted by atomic mass is 10.0. The Morgan fingerprint density at radius 3 is 2.52 bits per heavy atom. The van der Waals surface area contributed by atoms with Gasteiger partial charge in [0.25, 0.3) is 0 Å². The molecule has 7 nitrogen and oxygen atoms in total. The number of methoxy groups -OCH3 is 2. The number of anilines is 1. The molecule has 1 heterocycles. The minimum atomic E-state index is -0.462. The molecule has 7 heteroatoms. The van der Waals surface area contributed by atoms with Gasteiger partial charge >= 0.3 is 0 Å². The quantitative estimate of drug-likeness (QED) is 0.585. The Balaban J connectivity index is 1.45.